The first-order valence-corrected chi connectivity index (χ1v) is 7.15. The number of aromatic nitrogens is 1. The van der Waals surface area contributed by atoms with Crippen molar-refractivity contribution in [2.75, 3.05) is 5.32 Å². The summed E-state index contributed by atoms with van der Waals surface area (Å²) in [5.74, 6) is 0. The first-order valence-electron chi connectivity index (χ1n) is 6.77. The van der Waals surface area contributed by atoms with Gasteiger partial charge in [-0.1, -0.05) is 11.6 Å². The fourth-order valence-corrected chi connectivity index (χ4v) is 2.71. The molecule has 0 aliphatic heterocycles. The van der Waals surface area contributed by atoms with Crippen LogP contribution in [0, 0.1) is 24.0 Å². The molecule has 0 radical (unpaired) electrons. The lowest BCUT2D eigenvalue weighted by Crippen LogP contribution is -2.04. The van der Waals surface area contributed by atoms with Crippen LogP contribution in [0.5, 0.6) is 0 Å². The van der Waals surface area contributed by atoms with Gasteiger partial charge >= 0.3 is 0 Å². The first-order chi connectivity index (χ1) is 9.93. The van der Waals surface area contributed by atoms with Crippen molar-refractivity contribution in [3.05, 3.63) is 56.4 Å². The Bertz CT molecular complexity index is 680. The maximum atomic E-state index is 11.0. The van der Waals surface area contributed by atoms with E-state index in [9.17, 15) is 10.1 Å². The molecule has 0 fully saturated rings. The maximum absolute atomic E-state index is 11.0. The van der Waals surface area contributed by atoms with Crippen molar-refractivity contribution >= 4 is 23.0 Å². The van der Waals surface area contributed by atoms with Crippen molar-refractivity contribution < 1.29 is 4.92 Å². The normalized spacial score (nSPS) is 10.7. The number of benzene rings is 1. The molecular weight excluding hydrogens is 290 g/mol. The smallest absolute Gasteiger partial charge is 0.292 e. The molecule has 0 aliphatic rings. The van der Waals surface area contributed by atoms with Crippen molar-refractivity contribution in [2.24, 2.45) is 0 Å². The summed E-state index contributed by atoms with van der Waals surface area (Å²) < 4.78 is 2.21. The summed E-state index contributed by atoms with van der Waals surface area (Å²) in [6, 6.07) is 6.62. The van der Waals surface area contributed by atoms with Crippen molar-refractivity contribution in [1.29, 1.82) is 0 Å². The van der Waals surface area contributed by atoms with Gasteiger partial charge in [0.25, 0.3) is 5.69 Å². The zero-order chi connectivity index (χ0) is 15.6. The maximum Gasteiger partial charge on any atom is 0.292 e. The molecule has 0 saturated carbocycles. The summed E-state index contributed by atoms with van der Waals surface area (Å²) in [6.07, 6.45) is 0. The average molecular weight is 308 g/mol. The number of rotatable bonds is 5. The van der Waals surface area contributed by atoms with Crippen molar-refractivity contribution in [2.45, 2.75) is 33.9 Å². The number of nitro benzene ring substituents is 1. The molecule has 0 saturated heterocycles. The standard InChI is InChI=1S/C15H18ClN3O2/c1-4-18-10(2)7-12(11(18)3)9-17-14-8-13(16)5-6-15(14)19(20)21/h5-8,17H,4,9H2,1-3H3. The second-order valence-corrected chi connectivity index (χ2v) is 5.35. The van der Waals surface area contributed by atoms with E-state index in [1.54, 1.807) is 6.07 Å². The van der Waals surface area contributed by atoms with Crippen LogP contribution < -0.4 is 5.32 Å². The third-order valence-electron chi connectivity index (χ3n) is 3.62. The predicted octanol–water partition coefficient (Wildman–Crippen LogP) is 4.30. The lowest BCUT2D eigenvalue weighted by molar-refractivity contribution is -0.384. The second kappa shape index (κ2) is 6.18. The lowest BCUT2D eigenvalue weighted by atomic mass is 10.2. The van der Waals surface area contributed by atoms with E-state index in [0.717, 1.165) is 12.1 Å². The monoisotopic (exact) mass is 307 g/mol. The van der Waals surface area contributed by atoms with Crippen LogP contribution in [0.4, 0.5) is 11.4 Å². The number of aryl methyl sites for hydroxylation is 1. The van der Waals surface area contributed by atoms with E-state index in [0.29, 0.717) is 17.3 Å². The molecule has 5 nitrogen and oxygen atoms in total. The molecule has 0 atom stereocenters. The number of hydrogen-bond donors (Lipinski definition) is 1. The highest BCUT2D eigenvalue weighted by molar-refractivity contribution is 6.31. The van der Waals surface area contributed by atoms with Gasteiger partial charge in [-0.2, -0.15) is 0 Å². The van der Waals surface area contributed by atoms with E-state index in [2.05, 4.69) is 36.7 Å². The van der Waals surface area contributed by atoms with Crippen LogP contribution in [0.1, 0.15) is 23.9 Å². The highest BCUT2D eigenvalue weighted by Gasteiger charge is 2.15. The van der Waals surface area contributed by atoms with E-state index < -0.39 is 4.92 Å². The molecule has 2 aromatic rings. The largest absolute Gasteiger partial charge is 0.375 e. The minimum Gasteiger partial charge on any atom is -0.375 e. The summed E-state index contributed by atoms with van der Waals surface area (Å²) in [6.45, 7) is 7.65. The highest BCUT2D eigenvalue weighted by Crippen LogP contribution is 2.28. The van der Waals surface area contributed by atoms with E-state index in [1.165, 1.54) is 23.5 Å². The Hall–Kier alpha value is -2.01. The fraction of sp³-hybridized carbons (Fsp3) is 0.333. The molecule has 0 bridgehead atoms. The summed E-state index contributed by atoms with van der Waals surface area (Å²) >= 11 is 5.92. The first kappa shape index (κ1) is 15.4. The van der Waals surface area contributed by atoms with Gasteiger partial charge in [0.2, 0.25) is 0 Å². The summed E-state index contributed by atoms with van der Waals surface area (Å²) in [7, 11) is 0. The van der Waals surface area contributed by atoms with Crippen LogP contribution in [-0.4, -0.2) is 9.49 Å². The minimum absolute atomic E-state index is 0.0312. The summed E-state index contributed by atoms with van der Waals surface area (Å²) in [5, 5.41) is 14.6. The third-order valence-corrected chi connectivity index (χ3v) is 3.85. The average Bonchev–Trinajstić information content (AvgIpc) is 2.70. The van der Waals surface area contributed by atoms with Gasteiger partial charge < -0.3 is 9.88 Å². The number of hydrogen-bond acceptors (Lipinski definition) is 3. The Balaban J connectivity index is 2.24. The molecule has 0 unspecified atom stereocenters. The van der Waals surface area contributed by atoms with Gasteiger partial charge in [0.15, 0.2) is 0 Å². The van der Waals surface area contributed by atoms with Gasteiger partial charge in [0.1, 0.15) is 5.69 Å². The molecule has 112 valence electrons. The number of nitrogens with zero attached hydrogens (tertiary/aromatic N) is 2. The quantitative estimate of drug-likeness (QED) is 0.662. The van der Waals surface area contributed by atoms with Gasteiger partial charge in [-0.05, 0) is 44.5 Å². The molecule has 0 aliphatic carbocycles. The second-order valence-electron chi connectivity index (χ2n) is 4.91. The van der Waals surface area contributed by atoms with E-state index in [1.807, 2.05) is 0 Å². The van der Waals surface area contributed by atoms with Gasteiger partial charge in [0.05, 0.1) is 4.92 Å². The van der Waals surface area contributed by atoms with Crippen LogP contribution >= 0.6 is 11.6 Å². The third kappa shape index (κ3) is 3.19. The number of nitro groups is 1. The van der Waals surface area contributed by atoms with Crippen molar-refractivity contribution in [1.82, 2.24) is 4.57 Å². The molecule has 21 heavy (non-hydrogen) atoms. The van der Waals surface area contributed by atoms with Gasteiger partial charge in [-0.3, -0.25) is 10.1 Å². The Labute approximate surface area is 128 Å². The molecule has 6 heteroatoms. The highest BCUT2D eigenvalue weighted by atomic mass is 35.5. The summed E-state index contributed by atoms with van der Waals surface area (Å²) in [4.78, 5) is 10.6. The van der Waals surface area contributed by atoms with Crippen LogP contribution in [0.15, 0.2) is 24.3 Å². The van der Waals surface area contributed by atoms with Crippen LogP contribution in [0.3, 0.4) is 0 Å². The molecular formula is C15H18ClN3O2. The molecule has 1 aromatic heterocycles. The lowest BCUT2D eigenvalue weighted by Gasteiger charge is -2.09. The Morgan fingerprint density at radius 1 is 1.33 bits per heavy atom. The zero-order valence-corrected chi connectivity index (χ0v) is 13.1. The topological polar surface area (TPSA) is 60.1 Å². The Kier molecular flexibility index (Phi) is 4.53. The van der Waals surface area contributed by atoms with E-state index in [4.69, 9.17) is 11.6 Å². The van der Waals surface area contributed by atoms with Crippen LogP contribution in [0.25, 0.3) is 0 Å². The molecule has 1 heterocycles. The Morgan fingerprint density at radius 2 is 2.05 bits per heavy atom. The molecule has 1 aromatic carbocycles. The number of nitrogens with one attached hydrogen (secondary N) is 1. The fourth-order valence-electron chi connectivity index (χ4n) is 2.54. The van der Waals surface area contributed by atoms with E-state index in [-0.39, 0.29) is 5.69 Å². The molecule has 0 spiro atoms. The summed E-state index contributed by atoms with van der Waals surface area (Å²) in [5.41, 5.74) is 3.96. The van der Waals surface area contributed by atoms with Crippen molar-refractivity contribution in [3.63, 3.8) is 0 Å². The number of anilines is 1. The van der Waals surface area contributed by atoms with E-state index >= 15 is 0 Å². The zero-order valence-electron chi connectivity index (χ0n) is 12.3. The minimum atomic E-state index is -0.409. The van der Waals surface area contributed by atoms with Gasteiger partial charge in [0, 0.05) is 35.6 Å². The van der Waals surface area contributed by atoms with Crippen LogP contribution in [0.2, 0.25) is 5.02 Å². The molecule has 2 rings (SSSR count). The van der Waals surface area contributed by atoms with Crippen LogP contribution in [-0.2, 0) is 13.1 Å². The van der Waals surface area contributed by atoms with Crippen molar-refractivity contribution in [3.8, 4) is 0 Å². The SMILES string of the molecule is CCn1c(C)cc(CNc2cc(Cl)ccc2[N+](=O)[O-])c1C. The van der Waals surface area contributed by atoms with Gasteiger partial charge in [-0.25, -0.2) is 0 Å². The van der Waals surface area contributed by atoms with Gasteiger partial charge in [-0.15, -0.1) is 0 Å². The predicted molar refractivity (Wildman–Crippen MR) is 85.0 cm³/mol. The molecule has 1 N–H and O–H groups in total. The Morgan fingerprint density at radius 3 is 2.62 bits per heavy atom. The number of halogens is 1. The molecule has 0 amide bonds.